The van der Waals surface area contributed by atoms with Crippen molar-refractivity contribution in [1.29, 1.82) is 0 Å². The van der Waals surface area contributed by atoms with Crippen molar-refractivity contribution < 1.29 is 26.5 Å². The summed E-state index contributed by atoms with van der Waals surface area (Å²) in [6, 6.07) is 7.59. The van der Waals surface area contributed by atoms with Gasteiger partial charge >= 0.3 is 10.1 Å². The first kappa shape index (κ1) is 13.4. The average Bonchev–Trinajstić information content (AvgIpc) is 2.98. The van der Waals surface area contributed by atoms with Crippen LogP contribution < -0.4 is 8.92 Å². The number of carbonyl (C=O) groups excluding carboxylic acids is 1. The van der Waals surface area contributed by atoms with Crippen LogP contribution in [-0.4, -0.2) is 20.5 Å². The van der Waals surface area contributed by atoms with Gasteiger partial charge in [0.1, 0.15) is 17.3 Å². The van der Waals surface area contributed by atoms with Crippen LogP contribution in [0.15, 0.2) is 46.8 Å². The van der Waals surface area contributed by atoms with Gasteiger partial charge in [0.05, 0.1) is 18.1 Å². The topological polar surface area (TPSA) is 82.8 Å². The highest BCUT2D eigenvalue weighted by atomic mass is 32.2. The van der Waals surface area contributed by atoms with Crippen LogP contribution in [0.25, 0.3) is 6.08 Å². The number of Topliss-reactive ketones (excluding diaryl/α,β-unsaturated/α-hetero) is 1. The Morgan fingerprint density at radius 2 is 2.05 bits per heavy atom. The highest BCUT2D eigenvalue weighted by molar-refractivity contribution is 7.86. The van der Waals surface area contributed by atoms with Crippen LogP contribution in [-0.2, 0) is 10.1 Å². The summed E-state index contributed by atoms with van der Waals surface area (Å²) in [5.74, 6) is 0.629. The van der Waals surface area contributed by atoms with E-state index in [1.54, 1.807) is 12.1 Å². The normalized spacial score (nSPS) is 15.9. The second kappa shape index (κ2) is 4.78. The van der Waals surface area contributed by atoms with Crippen molar-refractivity contribution in [2.45, 2.75) is 0 Å². The number of ketones is 1. The molecule has 2 aromatic rings. The van der Waals surface area contributed by atoms with Crippen LogP contribution in [0.5, 0.6) is 11.5 Å². The van der Waals surface area contributed by atoms with Crippen LogP contribution in [0.4, 0.5) is 0 Å². The minimum Gasteiger partial charge on any atom is -0.465 e. The van der Waals surface area contributed by atoms with Crippen molar-refractivity contribution in [2.75, 3.05) is 6.26 Å². The van der Waals surface area contributed by atoms with Gasteiger partial charge in [0, 0.05) is 12.1 Å². The van der Waals surface area contributed by atoms with Gasteiger partial charge in [-0.25, -0.2) is 0 Å². The molecule has 0 bridgehead atoms. The molecular weight excluding hydrogens is 296 g/mol. The minimum atomic E-state index is -3.63. The molecule has 3 rings (SSSR count). The summed E-state index contributed by atoms with van der Waals surface area (Å²) in [6.07, 6.45) is 3.89. The van der Waals surface area contributed by atoms with Gasteiger partial charge < -0.3 is 13.3 Å². The van der Waals surface area contributed by atoms with E-state index in [0.29, 0.717) is 11.3 Å². The molecule has 1 aromatic heterocycles. The molecule has 1 aliphatic rings. The standard InChI is InChI=1S/C14H10O6S/c1-21(16,17)20-10-4-5-11-12(8-10)19-13(14(11)15)7-9-3-2-6-18-9/h2-8H,1H3/b13-7+. The molecule has 108 valence electrons. The summed E-state index contributed by atoms with van der Waals surface area (Å²) in [6.45, 7) is 0. The SMILES string of the molecule is CS(=O)(=O)Oc1ccc2c(c1)O/C(=C/c1ccco1)C2=O. The molecule has 0 N–H and O–H groups in total. The maximum absolute atomic E-state index is 12.1. The van der Waals surface area contributed by atoms with Gasteiger partial charge in [-0.05, 0) is 24.3 Å². The molecule has 7 heteroatoms. The molecule has 1 aromatic carbocycles. The van der Waals surface area contributed by atoms with E-state index >= 15 is 0 Å². The van der Waals surface area contributed by atoms with Crippen molar-refractivity contribution in [3.8, 4) is 11.5 Å². The molecule has 0 fully saturated rings. The Labute approximate surface area is 120 Å². The molecule has 0 aliphatic carbocycles. The third-order valence-electron chi connectivity index (χ3n) is 2.71. The van der Waals surface area contributed by atoms with Crippen LogP contribution in [0.3, 0.4) is 0 Å². The predicted molar refractivity (Wildman–Crippen MR) is 73.6 cm³/mol. The molecule has 0 spiro atoms. The molecule has 0 radical (unpaired) electrons. The maximum atomic E-state index is 12.1. The van der Waals surface area contributed by atoms with Gasteiger partial charge in [-0.3, -0.25) is 4.79 Å². The van der Waals surface area contributed by atoms with Crippen LogP contribution in [0, 0.1) is 0 Å². The van der Waals surface area contributed by atoms with E-state index in [1.807, 2.05) is 0 Å². The van der Waals surface area contributed by atoms with Crippen molar-refractivity contribution in [1.82, 2.24) is 0 Å². The molecule has 21 heavy (non-hydrogen) atoms. The summed E-state index contributed by atoms with van der Waals surface area (Å²) in [5.41, 5.74) is 0.341. The average molecular weight is 306 g/mol. The molecule has 2 heterocycles. The van der Waals surface area contributed by atoms with Crippen molar-refractivity contribution in [2.24, 2.45) is 0 Å². The third-order valence-corrected chi connectivity index (χ3v) is 3.20. The molecule has 1 aliphatic heterocycles. The Kier molecular flexibility index (Phi) is 3.06. The molecule has 6 nitrogen and oxygen atoms in total. The van der Waals surface area contributed by atoms with Gasteiger partial charge in [0.15, 0.2) is 5.76 Å². The smallest absolute Gasteiger partial charge is 0.306 e. The Bertz CT molecular complexity index is 830. The third kappa shape index (κ3) is 2.82. The van der Waals surface area contributed by atoms with Crippen molar-refractivity contribution in [3.63, 3.8) is 0 Å². The molecule has 0 saturated heterocycles. The molecule has 0 saturated carbocycles. The molecule has 0 atom stereocenters. The second-order valence-corrected chi connectivity index (χ2v) is 5.98. The Hall–Kier alpha value is -2.54. The molecule has 0 amide bonds. The van der Waals surface area contributed by atoms with Gasteiger partial charge in [0.2, 0.25) is 5.78 Å². The van der Waals surface area contributed by atoms with Gasteiger partial charge in [-0.2, -0.15) is 8.42 Å². The quantitative estimate of drug-likeness (QED) is 0.639. The van der Waals surface area contributed by atoms with Crippen LogP contribution in [0.2, 0.25) is 0 Å². The second-order valence-electron chi connectivity index (χ2n) is 4.40. The van der Waals surface area contributed by atoms with Gasteiger partial charge in [-0.15, -0.1) is 0 Å². The zero-order valence-corrected chi connectivity index (χ0v) is 11.7. The first-order chi connectivity index (χ1) is 9.92. The fraction of sp³-hybridized carbons (Fsp3) is 0.0714. The number of hydrogen-bond acceptors (Lipinski definition) is 6. The van der Waals surface area contributed by atoms with Gasteiger partial charge in [0.25, 0.3) is 0 Å². The van der Waals surface area contributed by atoms with E-state index in [-0.39, 0.29) is 23.0 Å². The zero-order chi connectivity index (χ0) is 15.0. The number of fused-ring (bicyclic) bond motifs is 1. The number of allylic oxidation sites excluding steroid dienone is 1. The lowest BCUT2D eigenvalue weighted by molar-refractivity contribution is 0.101. The number of hydrogen-bond donors (Lipinski definition) is 0. The number of furan rings is 1. The minimum absolute atomic E-state index is 0.0864. The monoisotopic (exact) mass is 306 g/mol. The molecule has 0 unspecified atom stereocenters. The van der Waals surface area contributed by atoms with E-state index in [4.69, 9.17) is 13.3 Å². The van der Waals surface area contributed by atoms with Gasteiger partial charge in [-0.1, -0.05) is 0 Å². The lowest BCUT2D eigenvalue weighted by atomic mass is 10.1. The van der Waals surface area contributed by atoms with E-state index in [9.17, 15) is 13.2 Å². The van der Waals surface area contributed by atoms with E-state index in [0.717, 1.165) is 6.26 Å². The van der Waals surface area contributed by atoms with Crippen molar-refractivity contribution >= 4 is 22.0 Å². The summed E-state index contributed by atoms with van der Waals surface area (Å²) in [7, 11) is -3.63. The fourth-order valence-corrected chi connectivity index (χ4v) is 2.35. The predicted octanol–water partition coefficient (Wildman–Crippen LogP) is 2.23. The maximum Gasteiger partial charge on any atom is 0.306 e. The first-order valence-electron chi connectivity index (χ1n) is 5.94. The Balaban J connectivity index is 1.93. The summed E-state index contributed by atoms with van der Waals surface area (Å²) < 4.78 is 37.5. The summed E-state index contributed by atoms with van der Waals surface area (Å²) >= 11 is 0. The highest BCUT2D eigenvalue weighted by Crippen LogP contribution is 2.35. The van der Waals surface area contributed by atoms with Crippen LogP contribution >= 0.6 is 0 Å². The number of rotatable bonds is 3. The Morgan fingerprint density at radius 1 is 1.24 bits per heavy atom. The van der Waals surface area contributed by atoms with E-state index < -0.39 is 10.1 Å². The highest BCUT2D eigenvalue weighted by Gasteiger charge is 2.28. The number of ether oxygens (including phenoxy) is 1. The Morgan fingerprint density at radius 3 is 2.71 bits per heavy atom. The molecular formula is C14H10O6S. The van der Waals surface area contributed by atoms with E-state index in [2.05, 4.69) is 0 Å². The number of benzene rings is 1. The lowest BCUT2D eigenvalue weighted by Gasteiger charge is -2.03. The summed E-state index contributed by atoms with van der Waals surface area (Å²) in [5, 5.41) is 0. The lowest BCUT2D eigenvalue weighted by Crippen LogP contribution is -2.05. The van der Waals surface area contributed by atoms with E-state index in [1.165, 1.54) is 30.5 Å². The van der Waals surface area contributed by atoms with Crippen molar-refractivity contribution in [3.05, 3.63) is 53.7 Å². The number of carbonyl (C=O) groups is 1. The summed E-state index contributed by atoms with van der Waals surface area (Å²) in [4.78, 5) is 12.1. The van der Waals surface area contributed by atoms with Crippen LogP contribution in [0.1, 0.15) is 16.1 Å². The first-order valence-corrected chi connectivity index (χ1v) is 7.75. The fourth-order valence-electron chi connectivity index (χ4n) is 1.90. The zero-order valence-electron chi connectivity index (χ0n) is 10.9. The largest absolute Gasteiger partial charge is 0.465 e.